The standard InChI is InChI=1S/C24H33N3O4/c1-3-4-8-20-11-12-23(25-19-20)31-24(28)30-18-7-13-26-14-16-27(17-15-26)21-9-5-6-10-22(21)29-2/h5-6,9-12,19H,3-4,7-8,13-18H2,1-2H3. The third-order valence-electron chi connectivity index (χ3n) is 5.44. The zero-order valence-corrected chi connectivity index (χ0v) is 18.6. The number of nitrogens with zero attached hydrogens (tertiary/aromatic N) is 3. The number of rotatable bonds is 10. The molecule has 0 atom stereocenters. The van der Waals surface area contributed by atoms with Crippen molar-refractivity contribution in [2.24, 2.45) is 0 Å². The molecule has 1 aliphatic heterocycles. The second kappa shape index (κ2) is 12.2. The molecule has 7 heteroatoms. The number of benzene rings is 1. The van der Waals surface area contributed by atoms with Crippen molar-refractivity contribution < 1.29 is 19.0 Å². The van der Waals surface area contributed by atoms with Crippen molar-refractivity contribution in [1.82, 2.24) is 9.88 Å². The van der Waals surface area contributed by atoms with Crippen LogP contribution in [-0.2, 0) is 11.2 Å². The third-order valence-corrected chi connectivity index (χ3v) is 5.44. The number of pyridine rings is 1. The van der Waals surface area contributed by atoms with Gasteiger partial charge < -0.3 is 19.1 Å². The molecule has 31 heavy (non-hydrogen) atoms. The fraction of sp³-hybridized carbons (Fsp3) is 0.500. The minimum absolute atomic E-state index is 0.276. The molecule has 0 spiro atoms. The Labute approximate surface area is 184 Å². The average molecular weight is 428 g/mol. The topological polar surface area (TPSA) is 64.1 Å². The number of hydrogen-bond acceptors (Lipinski definition) is 7. The van der Waals surface area contributed by atoms with E-state index in [0.717, 1.165) is 75.4 Å². The Bertz CT molecular complexity index is 805. The van der Waals surface area contributed by atoms with Crippen molar-refractivity contribution in [3.63, 3.8) is 0 Å². The molecule has 0 radical (unpaired) electrons. The normalized spacial score (nSPS) is 14.3. The number of anilines is 1. The summed E-state index contributed by atoms with van der Waals surface area (Å²) in [7, 11) is 1.71. The summed E-state index contributed by atoms with van der Waals surface area (Å²) in [6.07, 6.45) is 5.08. The first-order valence-corrected chi connectivity index (χ1v) is 11.1. The van der Waals surface area contributed by atoms with Crippen LogP contribution in [0.4, 0.5) is 10.5 Å². The second-order valence-corrected chi connectivity index (χ2v) is 7.66. The Kier molecular flexibility index (Phi) is 8.97. The number of carbonyl (C=O) groups excluding carboxylic acids is 1. The Morgan fingerprint density at radius 2 is 1.87 bits per heavy atom. The molecular formula is C24H33N3O4. The fourth-order valence-electron chi connectivity index (χ4n) is 3.66. The third kappa shape index (κ3) is 7.14. The van der Waals surface area contributed by atoms with Gasteiger partial charge in [0.1, 0.15) is 5.75 Å². The largest absolute Gasteiger partial charge is 0.515 e. The van der Waals surface area contributed by atoms with Gasteiger partial charge in [-0.1, -0.05) is 31.5 Å². The molecular weight excluding hydrogens is 394 g/mol. The van der Waals surface area contributed by atoms with Gasteiger partial charge in [0, 0.05) is 45.0 Å². The Hall–Kier alpha value is -2.80. The van der Waals surface area contributed by atoms with Gasteiger partial charge in [0.25, 0.3) is 0 Å². The summed E-state index contributed by atoms with van der Waals surface area (Å²) < 4.78 is 15.8. The van der Waals surface area contributed by atoms with Crippen molar-refractivity contribution in [2.45, 2.75) is 32.6 Å². The molecule has 0 N–H and O–H groups in total. The first-order valence-electron chi connectivity index (χ1n) is 11.1. The minimum atomic E-state index is -0.699. The van der Waals surface area contributed by atoms with Gasteiger partial charge in [0.15, 0.2) is 0 Å². The molecule has 1 fully saturated rings. The monoisotopic (exact) mass is 427 g/mol. The Morgan fingerprint density at radius 3 is 2.58 bits per heavy atom. The Balaban J connectivity index is 1.31. The summed E-state index contributed by atoms with van der Waals surface area (Å²) in [4.78, 5) is 20.8. The quantitative estimate of drug-likeness (QED) is 0.417. The van der Waals surface area contributed by atoms with Crippen molar-refractivity contribution in [3.8, 4) is 11.6 Å². The van der Waals surface area contributed by atoms with Crippen LogP contribution in [0.15, 0.2) is 42.6 Å². The number of piperazine rings is 1. The lowest BCUT2D eigenvalue weighted by Gasteiger charge is -2.36. The molecule has 0 unspecified atom stereocenters. The summed E-state index contributed by atoms with van der Waals surface area (Å²) in [5.74, 6) is 1.19. The molecule has 0 aliphatic carbocycles. The average Bonchev–Trinajstić information content (AvgIpc) is 2.82. The molecule has 1 saturated heterocycles. The van der Waals surface area contributed by atoms with E-state index in [-0.39, 0.29) is 5.88 Å². The van der Waals surface area contributed by atoms with E-state index in [9.17, 15) is 4.79 Å². The molecule has 168 valence electrons. The maximum Gasteiger partial charge on any atom is 0.515 e. The van der Waals surface area contributed by atoms with Crippen molar-refractivity contribution >= 4 is 11.8 Å². The van der Waals surface area contributed by atoms with E-state index in [2.05, 4.69) is 27.8 Å². The zero-order chi connectivity index (χ0) is 21.9. The molecule has 0 bridgehead atoms. The highest BCUT2D eigenvalue weighted by Crippen LogP contribution is 2.28. The zero-order valence-electron chi connectivity index (χ0n) is 18.6. The van der Waals surface area contributed by atoms with Crippen LogP contribution in [0.1, 0.15) is 31.7 Å². The van der Waals surface area contributed by atoms with Gasteiger partial charge in [-0.3, -0.25) is 4.90 Å². The first kappa shape index (κ1) is 22.9. The number of aryl methyl sites for hydroxylation is 1. The fourth-order valence-corrected chi connectivity index (χ4v) is 3.66. The number of unbranched alkanes of at least 4 members (excludes halogenated alkanes) is 1. The van der Waals surface area contributed by atoms with E-state index in [1.807, 2.05) is 24.3 Å². The van der Waals surface area contributed by atoms with E-state index in [4.69, 9.17) is 14.2 Å². The van der Waals surface area contributed by atoms with Gasteiger partial charge in [-0.25, -0.2) is 9.78 Å². The van der Waals surface area contributed by atoms with Gasteiger partial charge in [-0.05, 0) is 37.0 Å². The van der Waals surface area contributed by atoms with E-state index in [1.54, 1.807) is 19.4 Å². The lowest BCUT2D eigenvalue weighted by Crippen LogP contribution is -2.46. The van der Waals surface area contributed by atoms with Crippen molar-refractivity contribution in [2.75, 3.05) is 51.3 Å². The van der Waals surface area contributed by atoms with E-state index >= 15 is 0 Å². The van der Waals surface area contributed by atoms with Crippen LogP contribution >= 0.6 is 0 Å². The van der Waals surface area contributed by atoms with Crippen molar-refractivity contribution in [1.29, 1.82) is 0 Å². The van der Waals surface area contributed by atoms with Crippen LogP contribution in [0.2, 0.25) is 0 Å². The molecule has 0 amide bonds. The smallest absolute Gasteiger partial charge is 0.495 e. The maximum atomic E-state index is 11.9. The predicted octanol–water partition coefficient (Wildman–Crippen LogP) is 4.16. The van der Waals surface area contributed by atoms with E-state index in [0.29, 0.717) is 6.61 Å². The number of para-hydroxylation sites is 2. The van der Waals surface area contributed by atoms with Gasteiger partial charge in [0.2, 0.25) is 5.88 Å². The van der Waals surface area contributed by atoms with Crippen LogP contribution in [0.3, 0.4) is 0 Å². The van der Waals surface area contributed by atoms with Gasteiger partial charge in [-0.15, -0.1) is 0 Å². The summed E-state index contributed by atoms with van der Waals surface area (Å²) in [5, 5.41) is 0. The van der Waals surface area contributed by atoms with Gasteiger partial charge in [0.05, 0.1) is 19.4 Å². The number of ether oxygens (including phenoxy) is 3. The summed E-state index contributed by atoms with van der Waals surface area (Å²) in [6.45, 7) is 7.21. The predicted molar refractivity (Wildman–Crippen MR) is 121 cm³/mol. The van der Waals surface area contributed by atoms with E-state index < -0.39 is 6.16 Å². The number of carbonyl (C=O) groups is 1. The highest BCUT2D eigenvalue weighted by molar-refractivity contribution is 5.63. The maximum absolute atomic E-state index is 11.9. The summed E-state index contributed by atoms with van der Waals surface area (Å²) in [6, 6.07) is 11.8. The van der Waals surface area contributed by atoms with Crippen LogP contribution < -0.4 is 14.4 Å². The molecule has 1 aliphatic rings. The molecule has 0 saturated carbocycles. The highest BCUT2D eigenvalue weighted by Gasteiger charge is 2.19. The molecule has 3 rings (SSSR count). The number of hydrogen-bond donors (Lipinski definition) is 0. The van der Waals surface area contributed by atoms with Crippen molar-refractivity contribution in [3.05, 3.63) is 48.2 Å². The van der Waals surface area contributed by atoms with Gasteiger partial charge in [-0.2, -0.15) is 0 Å². The van der Waals surface area contributed by atoms with Crippen LogP contribution in [-0.4, -0.2) is 62.5 Å². The van der Waals surface area contributed by atoms with Crippen LogP contribution in [0.5, 0.6) is 11.6 Å². The molecule has 1 aromatic heterocycles. The van der Waals surface area contributed by atoms with Crippen LogP contribution in [0, 0.1) is 0 Å². The highest BCUT2D eigenvalue weighted by atomic mass is 16.7. The lowest BCUT2D eigenvalue weighted by atomic mass is 10.1. The molecule has 2 heterocycles. The molecule has 7 nitrogen and oxygen atoms in total. The van der Waals surface area contributed by atoms with E-state index in [1.165, 1.54) is 0 Å². The SMILES string of the molecule is CCCCc1ccc(OC(=O)OCCCN2CCN(c3ccccc3OC)CC2)nc1. The minimum Gasteiger partial charge on any atom is -0.495 e. The van der Waals surface area contributed by atoms with Gasteiger partial charge >= 0.3 is 6.16 Å². The number of methoxy groups -OCH3 is 1. The number of aromatic nitrogens is 1. The van der Waals surface area contributed by atoms with Crippen LogP contribution in [0.25, 0.3) is 0 Å². The molecule has 2 aromatic rings. The lowest BCUT2D eigenvalue weighted by molar-refractivity contribution is 0.0923. The molecule has 1 aromatic carbocycles. The first-order chi connectivity index (χ1) is 15.2. The summed E-state index contributed by atoms with van der Waals surface area (Å²) in [5.41, 5.74) is 2.29. The Morgan fingerprint density at radius 1 is 1.06 bits per heavy atom. The summed E-state index contributed by atoms with van der Waals surface area (Å²) >= 11 is 0. The second-order valence-electron chi connectivity index (χ2n) is 7.66.